The van der Waals surface area contributed by atoms with Gasteiger partial charge in [0.15, 0.2) is 17.0 Å². The number of fused-ring (bicyclic) bond motifs is 3. The first-order valence-corrected chi connectivity index (χ1v) is 16.5. The topological polar surface area (TPSA) is 136 Å². The van der Waals surface area contributed by atoms with Crippen LogP contribution in [0.25, 0.3) is 11.2 Å². The highest BCUT2D eigenvalue weighted by atomic mass is 16.6. The minimum atomic E-state index is -0.549. The van der Waals surface area contributed by atoms with Crippen molar-refractivity contribution in [2.75, 3.05) is 36.9 Å². The Morgan fingerprint density at radius 3 is 2.27 bits per heavy atom. The maximum Gasteiger partial charge on any atom is 0.410 e. The number of hydrogen-bond donors (Lipinski definition) is 2. The summed E-state index contributed by atoms with van der Waals surface area (Å²) in [6.45, 7) is 7.77. The first-order valence-electron chi connectivity index (χ1n) is 16.5. The largest absolute Gasteiger partial charge is 0.444 e. The number of aromatic nitrogens is 4. The van der Waals surface area contributed by atoms with Gasteiger partial charge in [0.1, 0.15) is 11.7 Å². The van der Waals surface area contributed by atoms with Crippen molar-refractivity contribution in [2.45, 2.75) is 127 Å². The molecule has 2 aromatic heterocycles. The third-order valence-corrected chi connectivity index (χ3v) is 9.75. The smallest absolute Gasteiger partial charge is 0.410 e. The number of ether oxygens (including phenoxy) is 3. The van der Waals surface area contributed by atoms with Crippen molar-refractivity contribution in [1.29, 1.82) is 0 Å². The summed E-state index contributed by atoms with van der Waals surface area (Å²) in [5, 5.41) is 7.31. The number of rotatable bonds is 6. The van der Waals surface area contributed by atoms with Gasteiger partial charge in [-0.2, -0.15) is 9.97 Å². The van der Waals surface area contributed by atoms with E-state index in [1.807, 2.05) is 32.0 Å². The Morgan fingerprint density at radius 1 is 0.886 bits per heavy atom. The van der Waals surface area contributed by atoms with Crippen LogP contribution in [-0.2, 0) is 14.2 Å². The monoisotopic (exact) mass is 610 g/mol. The summed E-state index contributed by atoms with van der Waals surface area (Å²) in [6, 6.07) is 1.08. The second-order valence-corrected chi connectivity index (χ2v) is 14.2. The molecule has 2 bridgehead atoms. The Kier molecular flexibility index (Phi) is 7.92. The molecule has 5 fully saturated rings. The number of carbonyl (C=O) groups is 2. The van der Waals surface area contributed by atoms with Crippen LogP contribution >= 0.6 is 0 Å². The molecule has 4 saturated heterocycles. The lowest BCUT2D eigenvalue weighted by molar-refractivity contribution is -0.0485. The first kappa shape index (κ1) is 29.4. The number of nitrogens with zero attached hydrogens (tertiary/aromatic N) is 6. The van der Waals surface area contributed by atoms with E-state index in [4.69, 9.17) is 29.2 Å². The van der Waals surface area contributed by atoms with E-state index in [1.165, 1.54) is 12.8 Å². The molecule has 13 nitrogen and oxygen atoms in total. The summed E-state index contributed by atoms with van der Waals surface area (Å²) in [5.74, 6) is 1.40. The predicted octanol–water partition coefficient (Wildman–Crippen LogP) is 4.70. The fourth-order valence-electron chi connectivity index (χ4n) is 7.53. The highest BCUT2D eigenvalue weighted by Gasteiger charge is 2.46. The first-order chi connectivity index (χ1) is 21.2. The van der Waals surface area contributed by atoms with Gasteiger partial charge in [-0.15, -0.1) is 0 Å². The molecule has 2 amide bonds. The van der Waals surface area contributed by atoms with Gasteiger partial charge < -0.3 is 39.2 Å². The third kappa shape index (κ3) is 6.12. The summed E-state index contributed by atoms with van der Waals surface area (Å²) in [6.07, 6.45) is 11.2. The summed E-state index contributed by atoms with van der Waals surface area (Å²) in [4.78, 5) is 43.8. The van der Waals surface area contributed by atoms with Crippen molar-refractivity contribution in [3.05, 3.63) is 6.33 Å². The van der Waals surface area contributed by atoms with Crippen LogP contribution < -0.4 is 10.6 Å². The molecule has 13 heteroatoms. The van der Waals surface area contributed by atoms with E-state index in [9.17, 15) is 9.59 Å². The molecule has 1 aliphatic carbocycles. The van der Waals surface area contributed by atoms with Crippen LogP contribution in [0.3, 0.4) is 0 Å². The molecule has 240 valence electrons. The number of amides is 2. The number of anilines is 2. The Bertz CT molecular complexity index is 1340. The van der Waals surface area contributed by atoms with E-state index in [-0.39, 0.29) is 42.5 Å². The van der Waals surface area contributed by atoms with E-state index < -0.39 is 5.60 Å². The van der Waals surface area contributed by atoms with Crippen LogP contribution in [0.4, 0.5) is 21.4 Å². The molecule has 1 saturated carbocycles. The number of likely N-dealkylation sites (tertiary alicyclic amines) is 1. The van der Waals surface area contributed by atoms with Gasteiger partial charge in [-0.1, -0.05) is 12.8 Å². The summed E-state index contributed by atoms with van der Waals surface area (Å²) in [5.41, 5.74) is 1.14. The second kappa shape index (κ2) is 11.9. The molecule has 6 heterocycles. The van der Waals surface area contributed by atoms with Crippen LogP contribution in [-0.4, -0.2) is 104 Å². The summed E-state index contributed by atoms with van der Waals surface area (Å²) >= 11 is 0. The van der Waals surface area contributed by atoms with E-state index >= 15 is 0 Å². The number of imidazole rings is 1. The van der Waals surface area contributed by atoms with E-state index in [2.05, 4.69) is 15.2 Å². The number of nitrogens with one attached hydrogen (secondary N) is 2. The van der Waals surface area contributed by atoms with Gasteiger partial charge in [0.05, 0.1) is 19.4 Å². The fraction of sp³-hybridized carbons (Fsp3) is 0.774. The SMILES string of the molecule is CC(C)(C)OC(=O)N1CC(OC(=O)N2C3CCC2CC(Nc2nc(NC4CCOCC4)nc4c2ncn4C2CCCC2)C3)C1. The van der Waals surface area contributed by atoms with E-state index in [1.54, 1.807) is 4.90 Å². The van der Waals surface area contributed by atoms with Gasteiger partial charge in [0.25, 0.3) is 0 Å². The Labute approximate surface area is 258 Å². The van der Waals surface area contributed by atoms with Crippen molar-refractivity contribution >= 4 is 35.1 Å². The minimum Gasteiger partial charge on any atom is -0.444 e. The van der Waals surface area contributed by atoms with Crippen molar-refractivity contribution in [2.24, 2.45) is 0 Å². The van der Waals surface area contributed by atoms with Crippen LogP contribution in [0.15, 0.2) is 6.33 Å². The zero-order valence-electron chi connectivity index (χ0n) is 26.2. The highest BCUT2D eigenvalue weighted by molar-refractivity contribution is 5.84. The molecular weight excluding hydrogens is 564 g/mol. The lowest BCUT2D eigenvalue weighted by Crippen LogP contribution is -2.58. The minimum absolute atomic E-state index is 0.106. The molecule has 2 aromatic rings. The fourth-order valence-corrected chi connectivity index (χ4v) is 7.53. The predicted molar refractivity (Wildman–Crippen MR) is 164 cm³/mol. The normalized spacial score (nSPS) is 26.6. The van der Waals surface area contributed by atoms with Crippen LogP contribution in [0.5, 0.6) is 0 Å². The summed E-state index contributed by atoms with van der Waals surface area (Å²) in [7, 11) is 0. The number of piperidine rings is 1. The second-order valence-electron chi connectivity index (χ2n) is 14.2. The molecule has 2 unspecified atom stereocenters. The zero-order chi connectivity index (χ0) is 30.4. The van der Waals surface area contributed by atoms with Crippen molar-refractivity contribution in [3.63, 3.8) is 0 Å². The van der Waals surface area contributed by atoms with Crippen LogP contribution in [0, 0.1) is 0 Å². The van der Waals surface area contributed by atoms with Gasteiger partial charge in [-0.05, 0) is 72.1 Å². The molecule has 0 aromatic carbocycles. The average molecular weight is 611 g/mol. The number of hydrogen-bond acceptors (Lipinski definition) is 10. The highest BCUT2D eigenvalue weighted by Crippen LogP contribution is 2.39. The Balaban J connectivity index is 1.01. The van der Waals surface area contributed by atoms with Crippen molar-refractivity contribution < 1.29 is 23.8 Å². The molecule has 0 radical (unpaired) electrons. The maximum absolute atomic E-state index is 13.3. The summed E-state index contributed by atoms with van der Waals surface area (Å²) < 4.78 is 19.1. The number of carbonyl (C=O) groups excluding carboxylic acids is 2. The van der Waals surface area contributed by atoms with Gasteiger partial charge >= 0.3 is 12.2 Å². The van der Waals surface area contributed by atoms with Crippen LogP contribution in [0.2, 0.25) is 0 Å². The molecule has 4 aliphatic heterocycles. The lowest BCUT2D eigenvalue weighted by Gasteiger charge is -2.42. The molecule has 0 spiro atoms. The average Bonchev–Trinajstić information content (AvgIpc) is 3.68. The maximum atomic E-state index is 13.3. The quantitative estimate of drug-likeness (QED) is 0.474. The van der Waals surface area contributed by atoms with Gasteiger partial charge in [0, 0.05) is 43.4 Å². The molecule has 5 aliphatic rings. The van der Waals surface area contributed by atoms with Crippen molar-refractivity contribution in [1.82, 2.24) is 29.3 Å². The molecular formula is C31H46N8O5. The molecule has 44 heavy (non-hydrogen) atoms. The molecule has 2 atom stereocenters. The lowest BCUT2D eigenvalue weighted by atomic mass is 9.97. The molecule has 2 N–H and O–H groups in total. The molecule has 7 rings (SSSR count). The van der Waals surface area contributed by atoms with E-state index in [0.717, 1.165) is 81.6 Å². The zero-order valence-corrected chi connectivity index (χ0v) is 26.2. The van der Waals surface area contributed by atoms with Gasteiger partial charge in [-0.3, -0.25) is 0 Å². The Hall–Kier alpha value is -3.35. The van der Waals surface area contributed by atoms with Crippen molar-refractivity contribution in [3.8, 4) is 0 Å². The van der Waals surface area contributed by atoms with E-state index in [0.29, 0.717) is 25.1 Å². The standard InChI is InChI=1S/C31H46N8O5/c1-31(2,3)44-29(40)37-16-24(17-37)43-30(41)39-22-8-9-23(39)15-20(14-22)33-26-25-27(38(18-32-25)21-6-4-5-7-21)36-28(35-26)34-19-10-12-42-13-11-19/h18-24H,4-17H2,1-3H3,(H2,33,34,35,36). The van der Waals surface area contributed by atoms with Gasteiger partial charge in [-0.25, -0.2) is 14.6 Å². The third-order valence-electron chi connectivity index (χ3n) is 9.75. The van der Waals surface area contributed by atoms with Crippen LogP contribution in [0.1, 0.15) is 91.0 Å². The van der Waals surface area contributed by atoms with Gasteiger partial charge in [0.2, 0.25) is 5.95 Å². The Morgan fingerprint density at radius 2 is 1.59 bits per heavy atom.